The molecule has 1 aromatic carbocycles. The third-order valence-corrected chi connectivity index (χ3v) is 6.91. The molecule has 2 amide bonds. The highest BCUT2D eigenvalue weighted by Crippen LogP contribution is 2.60. The number of carbonyl (C=O) groups excluding carboxylic acids is 3. The molecule has 7 heteroatoms. The van der Waals surface area contributed by atoms with E-state index in [4.69, 9.17) is 16.3 Å². The van der Waals surface area contributed by atoms with Crippen LogP contribution in [0.15, 0.2) is 24.3 Å². The average molecular weight is 419 g/mol. The summed E-state index contributed by atoms with van der Waals surface area (Å²) in [7, 11) is 0. The number of benzene rings is 1. The van der Waals surface area contributed by atoms with E-state index in [2.05, 4.69) is 10.6 Å². The van der Waals surface area contributed by atoms with E-state index in [1.54, 1.807) is 31.2 Å². The fourth-order valence-corrected chi connectivity index (χ4v) is 6.01. The Labute approximate surface area is 175 Å². The summed E-state index contributed by atoms with van der Waals surface area (Å²) in [4.78, 5) is 37.3. The summed E-state index contributed by atoms with van der Waals surface area (Å²) >= 11 is 5.88. The predicted octanol–water partition coefficient (Wildman–Crippen LogP) is 3.54. The molecular weight excluding hydrogens is 392 g/mol. The van der Waals surface area contributed by atoms with E-state index in [1.807, 2.05) is 0 Å². The molecule has 156 valence electrons. The van der Waals surface area contributed by atoms with Crippen LogP contribution in [0.2, 0.25) is 5.02 Å². The number of hydrogen-bond donors (Lipinski definition) is 2. The predicted molar refractivity (Wildman–Crippen MR) is 109 cm³/mol. The third kappa shape index (κ3) is 4.42. The number of rotatable bonds is 6. The van der Waals surface area contributed by atoms with Crippen molar-refractivity contribution < 1.29 is 19.1 Å². The zero-order chi connectivity index (χ0) is 20.6. The van der Waals surface area contributed by atoms with Crippen LogP contribution in [0.4, 0.5) is 5.69 Å². The van der Waals surface area contributed by atoms with E-state index in [1.165, 1.54) is 19.3 Å². The molecule has 5 rings (SSSR count). The lowest BCUT2D eigenvalue weighted by atomic mass is 9.49. The van der Waals surface area contributed by atoms with Crippen LogP contribution in [0.5, 0.6) is 0 Å². The minimum Gasteiger partial charge on any atom is -0.454 e. The first kappa shape index (κ1) is 20.2. The smallest absolute Gasteiger partial charge is 0.328 e. The summed E-state index contributed by atoms with van der Waals surface area (Å²) in [5, 5.41) is 5.97. The second kappa shape index (κ2) is 7.98. The summed E-state index contributed by atoms with van der Waals surface area (Å²) in [6, 6.07) is 5.93. The van der Waals surface area contributed by atoms with Crippen LogP contribution in [-0.2, 0) is 19.1 Å². The Bertz CT molecular complexity index is 790. The van der Waals surface area contributed by atoms with Gasteiger partial charge in [0.2, 0.25) is 5.91 Å². The molecule has 6 nitrogen and oxygen atoms in total. The van der Waals surface area contributed by atoms with Gasteiger partial charge in [0, 0.05) is 16.1 Å². The first-order chi connectivity index (χ1) is 13.8. The molecule has 2 N–H and O–H groups in total. The Kier molecular flexibility index (Phi) is 5.56. The van der Waals surface area contributed by atoms with Crippen LogP contribution in [0, 0.1) is 23.2 Å². The number of hydrogen-bond acceptors (Lipinski definition) is 4. The van der Waals surface area contributed by atoms with E-state index >= 15 is 0 Å². The second-order valence-corrected chi connectivity index (χ2v) is 9.50. The molecule has 1 atom stereocenters. The molecule has 0 heterocycles. The second-order valence-electron chi connectivity index (χ2n) is 9.06. The molecule has 0 radical (unpaired) electrons. The van der Waals surface area contributed by atoms with Crippen molar-refractivity contribution in [1.29, 1.82) is 0 Å². The van der Waals surface area contributed by atoms with E-state index in [-0.39, 0.29) is 11.3 Å². The number of anilines is 1. The van der Waals surface area contributed by atoms with Gasteiger partial charge in [0.05, 0.1) is 0 Å². The van der Waals surface area contributed by atoms with Gasteiger partial charge in [-0.05, 0) is 81.4 Å². The number of nitrogens with one attached hydrogen (secondary N) is 2. The molecule has 29 heavy (non-hydrogen) atoms. The lowest BCUT2D eigenvalue weighted by molar-refractivity contribution is -0.154. The van der Waals surface area contributed by atoms with Gasteiger partial charge in [0.25, 0.3) is 5.91 Å². The molecule has 0 aromatic heterocycles. The van der Waals surface area contributed by atoms with E-state index in [9.17, 15) is 14.4 Å². The van der Waals surface area contributed by atoms with Crippen molar-refractivity contribution in [3.63, 3.8) is 0 Å². The average Bonchev–Trinajstić information content (AvgIpc) is 2.65. The molecule has 4 aliphatic rings. The van der Waals surface area contributed by atoms with Crippen molar-refractivity contribution in [2.75, 3.05) is 11.9 Å². The molecule has 1 aromatic rings. The Morgan fingerprint density at radius 2 is 1.76 bits per heavy atom. The first-order valence-electron chi connectivity index (χ1n) is 10.4. The van der Waals surface area contributed by atoms with Crippen LogP contribution < -0.4 is 10.6 Å². The zero-order valence-electron chi connectivity index (χ0n) is 16.6. The zero-order valence-corrected chi connectivity index (χ0v) is 17.3. The van der Waals surface area contributed by atoms with E-state index < -0.39 is 24.5 Å². The summed E-state index contributed by atoms with van der Waals surface area (Å²) in [5.74, 6) is 0.882. The van der Waals surface area contributed by atoms with Gasteiger partial charge in [-0.2, -0.15) is 0 Å². The molecule has 4 fully saturated rings. The Hall–Kier alpha value is -2.08. The normalized spacial score (nSPS) is 30.5. The number of esters is 1. The third-order valence-electron chi connectivity index (χ3n) is 6.67. The highest BCUT2D eigenvalue weighted by atomic mass is 35.5. The summed E-state index contributed by atoms with van der Waals surface area (Å²) < 4.78 is 5.09. The van der Waals surface area contributed by atoms with Gasteiger partial charge in [-0.25, -0.2) is 4.79 Å². The maximum atomic E-state index is 13.0. The molecule has 4 aliphatic carbocycles. The number of halogens is 1. The van der Waals surface area contributed by atoms with Crippen LogP contribution >= 0.6 is 11.6 Å². The Balaban J connectivity index is 1.26. The lowest BCUT2D eigenvalue weighted by Crippen LogP contribution is -2.56. The topological polar surface area (TPSA) is 84.5 Å². The molecular formula is C22H27ClN2O4. The molecule has 4 bridgehead atoms. The van der Waals surface area contributed by atoms with E-state index in [0.717, 1.165) is 19.3 Å². The van der Waals surface area contributed by atoms with Crippen molar-refractivity contribution in [2.45, 2.75) is 51.5 Å². The van der Waals surface area contributed by atoms with Crippen molar-refractivity contribution in [1.82, 2.24) is 5.32 Å². The summed E-state index contributed by atoms with van der Waals surface area (Å²) in [6.45, 7) is 1.19. The van der Waals surface area contributed by atoms with Gasteiger partial charge in [-0.15, -0.1) is 0 Å². The lowest BCUT2D eigenvalue weighted by Gasteiger charge is -2.55. The Morgan fingerprint density at radius 3 is 2.34 bits per heavy atom. The molecule has 0 saturated heterocycles. The van der Waals surface area contributed by atoms with Gasteiger partial charge < -0.3 is 15.4 Å². The quantitative estimate of drug-likeness (QED) is 0.692. The molecule has 0 aliphatic heterocycles. The summed E-state index contributed by atoms with van der Waals surface area (Å²) in [5.41, 5.74) is 0.217. The molecule has 4 saturated carbocycles. The standard InChI is InChI=1S/C22H27ClN2O4/c1-13(20(27)29-12-19(26)25-18-4-2-3-17(23)8-18)24-21(28)22-9-14-5-15(10-22)7-16(6-14)11-22/h2-4,8,13-16H,5-7,9-12H2,1H3,(H,24,28)(H,25,26)/t13-,14?,15?,16?,22?/m0/s1. The largest absolute Gasteiger partial charge is 0.454 e. The maximum absolute atomic E-state index is 13.0. The van der Waals surface area contributed by atoms with Gasteiger partial charge in [-0.1, -0.05) is 17.7 Å². The maximum Gasteiger partial charge on any atom is 0.328 e. The van der Waals surface area contributed by atoms with Crippen LogP contribution in [0.25, 0.3) is 0 Å². The van der Waals surface area contributed by atoms with Crippen LogP contribution in [0.1, 0.15) is 45.4 Å². The van der Waals surface area contributed by atoms with Gasteiger partial charge in [-0.3, -0.25) is 9.59 Å². The van der Waals surface area contributed by atoms with Crippen molar-refractivity contribution in [2.24, 2.45) is 23.2 Å². The van der Waals surface area contributed by atoms with E-state index in [0.29, 0.717) is 28.5 Å². The van der Waals surface area contributed by atoms with Crippen molar-refractivity contribution >= 4 is 35.1 Å². The van der Waals surface area contributed by atoms with Gasteiger partial charge >= 0.3 is 5.97 Å². The summed E-state index contributed by atoms with van der Waals surface area (Å²) in [6.07, 6.45) is 6.58. The molecule has 0 spiro atoms. The SMILES string of the molecule is C[C@H](NC(=O)C12CC3CC(CC(C3)C1)C2)C(=O)OCC(=O)Nc1cccc(Cl)c1. The highest BCUT2D eigenvalue weighted by molar-refractivity contribution is 6.30. The van der Waals surface area contributed by atoms with Crippen molar-refractivity contribution in [3.8, 4) is 0 Å². The fraction of sp³-hybridized carbons (Fsp3) is 0.591. The van der Waals surface area contributed by atoms with Gasteiger partial charge in [0.1, 0.15) is 6.04 Å². The van der Waals surface area contributed by atoms with Gasteiger partial charge in [0.15, 0.2) is 6.61 Å². The minimum absolute atomic E-state index is 0.0237. The molecule has 0 unspecified atom stereocenters. The first-order valence-corrected chi connectivity index (χ1v) is 10.7. The Morgan fingerprint density at radius 1 is 1.14 bits per heavy atom. The monoisotopic (exact) mass is 418 g/mol. The number of ether oxygens (including phenoxy) is 1. The number of amides is 2. The van der Waals surface area contributed by atoms with Crippen LogP contribution in [0.3, 0.4) is 0 Å². The fourth-order valence-electron chi connectivity index (χ4n) is 5.82. The highest BCUT2D eigenvalue weighted by Gasteiger charge is 2.54. The minimum atomic E-state index is -0.783. The number of carbonyl (C=O) groups is 3. The van der Waals surface area contributed by atoms with Crippen molar-refractivity contribution in [3.05, 3.63) is 29.3 Å². The van der Waals surface area contributed by atoms with Crippen LogP contribution in [-0.4, -0.2) is 30.4 Å².